The number of amides is 1. The van der Waals surface area contributed by atoms with Gasteiger partial charge in [0.25, 0.3) is 5.91 Å². The number of rotatable bonds is 5. The van der Waals surface area contributed by atoms with Crippen molar-refractivity contribution in [2.45, 2.75) is 31.6 Å². The molecule has 5 rings (SSSR count). The van der Waals surface area contributed by atoms with E-state index in [9.17, 15) is 9.18 Å². The van der Waals surface area contributed by atoms with Crippen LogP contribution in [0.5, 0.6) is 0 Å². The predicted molar refractivity (Wildman–Crippen MR) is 131 cm³/mol. The molecule has 2 aliphatic rings. The Labute approximate surface area is 197 Å². The highest BCUT2D eigenvalue weighted by Gasteiger charge is 2.28. The van der Waals surface area contributed by atoms with Crippen molar-refractivity contribution in [1.82, 2.24) is 20.2 Å². The minimum Gasteiger partial charge on any atom is -0.368 e. The Hall–Kier alpha value is -2.78. The molecule has 0 radical (unpaired) electrons. The topological polar surface area (TPSA) is 73.4 Å². The summed E-state index contributed by atoms with van der Waals surface area (Å²) in [6.07, 6.45) is 8.03. The van der Waals surface area contributed by atoms with Crippen LogP contribution < -0.4 is 15.5 Å². The van der Waals surface area contributed by atoms with E-state index < -0.39 is 5.82 Å². The summed E-state index contributed by atoms with van der Waals surface area (Å²) in [5, 5.41) is 7.39. The number of halogens is 1. The fourth-order valence-electron chi connectivity index (χ4n) is 4.81. The van der Waals surface area contributed by atoms with Crippen molar-refractivity contribution < 1.29 is 9.18 Å². The van der Waals surface area contributed by atoms with E-state index in [1.54, 1.807) is 31.4 Å². The van der Waals surface area contributed by atoms with Crippen LogP contribution in [-0.2, 0) is 0 Å². The Morgan fingerprint density at radius 3 is 2.64 bits per heavy atom. The average Bonchev–Trinajstić information content (AvgIpc) is 3.47. The van der Waals surface area contributed by atoms with Gasteiger partial charge < -0.3 is 20.4 Å². The third kappa shape index (κ3) is 4.39. The number of nitrogens with one attached hydrogen (secondary N) is 2. The van der Waals surface area contributed by atoms with Gasteiger partial charge in [0.05, 0.1) is 21.5 Å². The molecule has 1 aliphatic carbocycles. The average molecular weight is 469 g/mol. The lowest BCUT2D eigenvalue weighted by molar-refractivity contribution is 0.0831. The minimum absolute atomic E-state index is 0.0313. The number of nitrogens with zero attached hydrogens (tertiary/aromatic N) is 4. The summed E-state index contributed by atoms with van der Waals surface area (Å²) in [6, 6.07) is 3.47. The van der Waals surface area contributed by atoms with E-state index in [1.807, 2.05) is 6.07 Å². The zero-order valence-electron chi connectivity index (χ0n) is 19.0. The fourth-order valence-corrected chi connectivity index (χ4v) is 6.07. The van der Waals surface area contributed by atoms with E-state index in [2.05, 4.69) is 25.5 Å². The van der Waals surface area contributed by atoms with Crippen LogP contribution >= 0.6 is 11.3 Å². The van der Waals surface area contributed by atoms with Crippen LogP contribution in [0.2, 0.25) is 0 Å². The van der Waals surface area contributed by atoms with Gasteiger partial charge >= 0.3 is 0 Å². The molecule has 9 heteroatoms. The first-order valence-electron chi connectivity index (χ1n) is 11.5. The van der Waals surface area contributed by atoms with Crippen LogP contribution in [0.15, 0.2) is 24.5 Å². The molecule has 0 atom stereocenters. The monoisotopic (exact) mass is 468 g/mol. The van der Waals surface area contributed by atoms with Crippen LogP contribution in [0, 0.1) is 5.82 Å². The highest BCUT2D eigenvalue weighted by Crippen LogP contribution is 2.44. The van der Waals surface area contributed by atoms with Gasteiger partial charge in [0.1, 0.15) is 5.82 Å². The Kier molecular flexibility index (Phi) is 6.16. The second-order valence-electron chi connectivity index (χ2n) is 8.98. The molecule has 1 saturated heterocycles. The summed E-state index contributed by atoms with van der Waals surface area (Å²) in [4.78, 5) is 26.3. The Morgan fingerprint density at radius 1 is 1.18 bits per heavy atom. The number of fused-ring (bicyclic) bond motifs is 1. The van der Waals surface area contributed by atoms with Crippen molar-refractivity contribution >= 4 is 44.7 Å². The van der Waals surface area contributed by atoms with Crippen LogP contribution in [0.3, 0.4) is 0 Å². The molecule has 4 heterocycles. The SMILES string of the molecule is CN(C)C(=O)c1sc2cnc(Nc3ncc(N4CCNCC4)cc3F)cc2c1C1CCCC1. The van der Waals surface area contributed by atoms with Crippen LogP contribution in [0.1, 0.15) is 46.8 Å². The third-order valence-corrected chi connectivity index (χ3v) is 7.68. The molecule has 3 aromatic rings. The summed E-state index contributed by atoms with van der Waals surface area (Å²) in [5.74, 6) is 0.690. The van der Waals surface area contributed by atoms with Crippen LogP contribution in [0.4, 0.5) is 21.7 Å². The molecule has 1 amide bonds. The van der Waals surface area contributed by atoms with Crippen molar-refractivity contribution in [3.05, 3.63) is 40.8 Å². The van der Waals surface area contributed by atoms with E-state index in [0.29, 0.717) is 11.7 Å². The number of aromatic nitrogens is 2. The second kappa shape index (κ2) is 9.23. The van der Waals surface area contributed by atoms with E-state index in [4.69, 9.17) is 0 Å². The standard InChI is InChI=1S/C24H29FN6OS/c1-30(2)24(32)22-21(15-5-3-4-6-15)17-12-20(27-14-19(17)33-22)29-23-18(25)11-16(13-28-23)31-9-7-26-8-10-31/h11-15,26H,3-10H2,1-2H3,(H,27,28,29). The minimum atomic E-state index is -0.405. The molecule has 7 nitrogen and oxygen atoms in total. The maximum Gasteiger partial charge on any atom is 0.263 e. The van der Waals surface area contributed by atoms with E-state index in [1.165, 1.54) is 30.2 Å². The lowest BCUT2D eigenvalue weighted by Gasteiger charge is -2.29. The lowest BCUT2D eigenvalue weighted by Crippen LogP contribution is -2.43. The number of anilines is 3. The summed E-state index contributed by atoms with van der Waals surface area (Å²) in [6.45, 7) is 3.44. The van der Waals surface area contributed by atoms with Crippen molar-refractivity contribution in [1.29, 1.82) is 0 Å². The summed E-state index contributed by atoms with van der Waals surface area (Å²) in [7, 11) is 3.57. The number of thiophene rings is 1. The predicted octanol–water partition coefficient (Wildman–Crippen LogP) is 4.34. The van der Waals surface area contributed by atoms with Crippen LogP contribution in [0.25, 0.3) is 10.1 Å². The van der Waals surface area contributed by atoms with Gasteiger partial charge in [-0.05, 0) is 30.4 Å². The van der Waals surface area contributed by atoms with Crippen molar-refractivity contribution in [2.75, 3.05) is 50.5 Å². The molecule has 1 saturated carbocycles. The summed E-state index contributed by atoms with van der Waals surface area (Å²) >= 11 is 1.50. The molecule has 2 fully saturated rings. The van der Waals surface area contributed by atoms with E-state index >= 15 is 0 Å². The molecule has 3 aromatic heterocycles. The van der Waals surface area contributed by atoms with Gasteiger partial charge in [-0.1, -0.05) is 12.8 Å². The number of hydrogen-bond donors (Lipinski definition) is 2. The van der Waals surface area contributed by atoms with E-state index in [-0.39, 0.29) is 11.7 Å². The van der Waals surface area contributed by atoms with Crippen molar-refractivity contribution in [2.24, 2.45) is 0 Å². The van der Waals surface area contributed by atoms with Gasteiger partial charge in [-0.2, -0.15) is 0 Å². The maximum absolute atomic E-state index is 14.9. The Balaban J connectivity index is 1.46. The molecule has 1 aliphatic heterocycles. The number of carbonyl (C=O) groups is 1. The van der Waals surface area contributed by atoms with Gasteiger partial charge in [-0.15, -0.1) is 11.3 Å². The number of carbonyl (C=O) groups excluding carboxylic acids is 1. The van der Waals surface area contributed by atoms with Crippen molar-refractivity contribution in [3.63, 3.8) is 0 Å². The summed E-state index contributed by atoms with van der Waals surface area (Å²) < 4.78 is 15.9. The third-order valence-electron chi connectivity index (χ3n) is 6.53. The number of pyridine rings is 2. The molecule has 2 N–H and O–H groups in total. The van der Waals surface area contributed by atoms with Crippen LogP contribution in [-0.4, -0.2) is 61.0 Å². The largest absolute Gasteiger partial charge is 0.368 e. The lowest BCUT2D eigenvalue weighted by atomic mass is 9.94. The molecule has 0 aromatic carbocycles. The van der Waals surface area contributed by atoms with Crippen molar-refractivity contribution in [3.8, 4) is 0 Å². The zero-order valence-corrected chi connectivity index (χ0v) is 19.8. The molecule has 174 valence electrons. The molecule has 0 spiro atoms. The second-order valence-corrected chi connectivity index (χ2v) is 10.0. The van der Waals surface area contributed by atoms with Gasteiger partial charge in [-0.25, -0.2) is 14.4 Å². The maximum atomic E-state index is 14.9. The van der Waals surface area contributed by atoms with Gasteiger partial charge in [0.15, 0.2) is 11.6 Å². The molecule has 33 heavy (non-hydrogen) atoms. The Morgan fingerprint density at radius 2 is 1.94 bits per heavy atom. The normalized spacial score (nSPS) is 17.0. The first-order valence-corrected chi connectivity index (χ1v) is 12.3. The molecule has 0 bridgehead atoms. The summed E-state index contributed by atoms with van der Waals surface area (Å²) in [5.41, 5.74) is 1.91. The van der Waals surface area contributed by atoms with Gasteiger partial charge in [0, 0.05) is 57.9 Å². The van der Waals surface area contributed by atoms with Gasteiger partial charge in [-0.3, -0.25) is 4.79 Å². The number of hydrogen-bond acceptors (Lipinski definition) is 7. The zero-order chi connectivity index (χ0) is 22.9. The fraction of sp³-hybridized carbons (Fsp3) is 0.458. The highest BCUT2D eigenvalue weighted by molar-refractivity contribution is 7.21. The Bertz CT molecular complexity index is 1170. The van der Waals surface area contributed by atoms with Gasteiger partial charge in [0.2, 0.25) is 0 Å². The smallest absolute Gasteiger partial charge is 0.263 e. The first-order chi connectivity index (χ1) is 16.0. The first kappa shape index (κ1) is 22.0. The molecular weight excluding hydrogens is 439 g/mol. The number of piperazine rings is 1. The highest BCUT2D eigenvalue weighted by atomic mass is 32.1. The molecular formula is C24H29FN6OS. The quantitative estimate of drug-likeness (QED) is 0.580. The molecule has 0 unspecified atom stereocenters. The van der Waals surface area contributed by atoms with E-state index in [0.717, 1.165) is 65.2 Å².